The minimum absolute atomic E-state index is 0.666. The number of nitrogens with zero attached hydrogens (tertiary/aromatic N) is 1. The van der Waals surface area contributed by atoms with Crippen LogP contribution in [0.15, 0.2) is 0 Å². The van der Waals surface area contributed by atoms with Crippen LogP contribution in [0.4, 0.5) is 0 Å². The molecule has 3 nitrogen and oxygen atoms in total. The molecular formula is C12H24N2O. The molecule has 0 aromatic rings. The van der Waals surface area contributed by atoms with Crippen LogP contribution in [-0.4, -0.2) is 49.8 Å². The summed E-state index contributed by atoms with van der Waals surface area (Å²) in [5, 5.41) is 3.41. The van der Waals surface area contributed by atoms with Gasteiger partial charge in [0.15, 0.2) is 0 Å². The Balaban J connectivity index is 1.90. The maximum Gasteiger partial charge on any atom is 0.0622 e. The summed E-state index contributed by atoms with van der Waals surface area (Å²) in [7, 11) is 2.09. The summed E-state index contributed by atoms with van der Waals surface area (Å²) in [6, 6.07) is 2.21. The third kappa shape index (κ3) is 2.52. The summed E-state index contributed by atoms with van der Waals surface area (Å²) in [6.07, 6.45) is 5.25. The van der Waals surface area contributed by atoms with Crippen molar-refractivity contribution < 1.29 is 4.74 Å². The highest BCUT2D eigenvalue weighted by atomic mass is 16.5. The summed E-state index contributed by atoms with van der Waals surface area (Å²) in [5.74, 6) is 0. The van der Waals surface area contributed by atoms with Crippen molar-refractivity contribution in [3.63, 3.8) is 0 Å². The summed E-state index contributed by atoms with van der Waals surface area (Å²) >= 11 is 0. The first-order valence-corrected chi connectivity index (χ1v) is 6.36. The van der Waals surface area contributed by atoms with Crippen LogP contribution in [0.5, 0.6) is 0 Å². The fourth-order valence-electron chi connectivity index (χ4n) is 3.02. The van der Waals surface area contributed by atoms with Crippen molar-refractivity contribution in [2.75, 3.05) is 26.8 Å². The molecule has 0 amide bonds. The molecule has 1 heterocycles. The number of hydrogen-bond donors (Lipinski definition) is 1. The van der Waals surface area contributed by atoms with Crippen molar-refractivity contribution in [1.29, 1.82) is 0 Å². The van der Waals surface area contributed by atoms with Crippen molar-refractivity contribution in [2.24, 2.45) is 0 Å². The normalized spacial score (nSPS) is 38.4. The third-order valence-corrected chi connectivity index (χ3v) is 4.03. The fourth-order valence-corrected chi connectivity index (χ4v) is 3.02. The lowest BCUT2D eigenvalue weighted by Crippen LogP contribution is -2.50. The van der Waals surface area contributed by atoms with Crippen LogP contribution < -0.4 is 5.32 Å². The third-order valence-electron chi connectivity index (χ3n) is 4.03. The van der Waals surface area contributed by atoms with Gasteiger partial charge in [-0.25, -0.2) is 0 Å². The number of nitrogens with one attached hydrogen (secondary N) is 1. The molecule has 1 saturated carbocycles. The largest absolute Gasteiger partial charge is 0.378 e. The first kappa shape index (κ1) is 11.4. The average molecular weight is 212 g/mol. The van der Waals surface area contributed by atoms with Crippen LogP contribution >= 0.6 is 0 Å². The SMILES string of the molecule is CCC1COCCN1C1CCC(NC)C1. The maximum atomic E-state index is 5.56. The average Bonchev–Trinajstić information content (AvgIpc) is 2.77. The first-order chi connectivity index (χ1) is 7.35. The van der Waals surface area contributed by atoms with Gasteiger partial charge in [0.2, 0.25) is 0 Å². The molecule has 2 aliphatic rings. The van der Waals surface area contributed by atoms with Gasteiger partial charge in [-0.15, -0.1) is 0 Å². The van der Waals surface area contributed by atoms with Crippen molar-refractivity contribution >= 4 is 0 Å². The van der Waals surface area contributed by atoms with Gasteiger partial charge >= 0.3 is 0 Å². The molecule has 0 aromatic heterocycles. The Kier molecular flexibility index (Phi) is 4.00. The van der Waals surface area contributed by atoms with E-state index in [1.54, 1.807) is 0 Å². The monoisotopic (exact) mass is 212 g/mol. The molecule has 3 unspecified atom stereocenters. The smallest absolute Gasteiger partial charge is 0.0622 e. The molecule has 0 spiro atoms. The lowest BCUT2D eigenvalue weighted by molar-refractivity contribution is -0.0290. The molecule has 0 aromatic carbocycles. The van der Waals surface area contributed by atoms with E-state index in [-0.39, 0.29) is 0 Å². The second-order valence-corrected chi connectivity index (χ2v) is 4.83. The molecule has 1 saturated heterocycles. The second-order valence-electron chi connectivity index (χ2n) is 4.83. The van der Waals surface area contributed by atoms with Crippen LogP contribution in [0.2, 0.25) is 0 Å². The highest BCUT2D eigenvalue weighted by Gasteiger charge is 2.33. The molecule has 88 valence electrons. The number of hydrogen-bond acceptors (Lipinski definition) is 3. The number of ether oxygens (including phenoxy) is 1. The minimum atomic E-state index is 0.666. The lowest BCUT2D eigenvalue weighted by Gasteiger charge is -2.39. The van der Waals surface area contributed by atoms with Crippen LogP contribution in [0, 0.1) is 0 Å². The van der Waals surface area contributed by atoms with Gasteiger partial charge in [0.1, 0.15) is 0 Å². The van der Waals surface area contributed by atoms with Gasteiger partial charge in [-0.05, 0) is 32.7 Å². The van der Waals surface area contributed by atoms with Crippen molar-refractivity contribution in [3.8, 4) is 0 Å². The molecule has 0 radical (unpaired) electrons. The predicted octanol–water partition coefficient (Wildman–Crippen LogP) is 1.24. The van der Waals surface area contributed by atoms with Crippen LogP contribution in [-0.2, 0) is 4.74 Å². The van der Waals surface area contributed by atoms with E-state index in [0.717, 1.165) is 31.8 Å². The highest BCUT2D eigenvalue weighted by molar-refractivity contribution is 4.89. The molecule has 3 atom stereocenters. The molecule has 1 aliphatic carbocycles. The predicted molar refractivity (Wildman–Crippen MR) is 62.1 cm³/mol. The first-order valence-electron chi connectivity index (χ1n) is 6.36. The van der Waals surface area contributed by atoms with E-state index in [9.17, 15) is 0 Å². The fraction of sp³-hybridized carbons (Fsp3) is 1.00. The molecule has 15 heavy (non-hydrogen) atoms. The Hall–Kier alpha value is -0.120. The van der Waals surface area contributed by atoms with Crippen LogP contribution in [0.1, 0.15) is 32.6 Å². The van der Waals surface area contributed by atoms with E-state index in [2.05, 4.69) is 24.2 Å². The quantitative estimate of drug-likeness (QED) is 0.762. The minimum Gasteiger partial charge on any atom is -0.378 e. The van der Waals surface area contributed by atoms with Gasteiger partial charge in [0.05, 0.1) is 13.2 Å². The van der Waals surface area contributed by atoms with Gasteiger partial charge in [-0.3, -0.25) is 4.90 Å². The van der Waals surface area contributed by atoms with Crippen molar-refractivity contribution in [1.82, 2.24) is 10.2 Å². The van der Waals surface area contributed by atoms with Gasteiger partial charge in [0, 0.05) is 24.7 Å². The van der Waals surface area contributed by atoms with E-state index in [4.69, 9.17) is 4.74 Å². The Labute approximate surface area is 93.2 Å². The lowest BCUT2D eigenvalue weighted by atomic mass is 10.1. The second kappa shape index (κ2) is 5.28. The van der Waals surface area contributed by atoms with E-state index in [1.165, 1.54) is 25.7 Å². The molecule has 2 fully saturated rings. The van der Waals surface area contributed by atoms with Crippen LogP contribution in [0.3, 0.4) is 0 Å². The van der Waals surface area contributed by atoms with E-state index < -0.39 is 0 Å². The molecule has 2 rings (SSSR count). The zero-order chi connectivity index (χ0) is 10.7. The Bertz CT molecular complexity index is 198. The highest BCUT2D eigenvalue weighted by Crippen LogP contribution is 2.27. The standard InChI is InChI=1S/C12H24N2O/c1-3-11-9-15-7-6-14(11)12-5-4-10(8-12)13-2/h10-13H,3-9H2,1-2H3. The summed E-state index contributed by atoms with van der Waals surface area (Å²) in [4.78, 5) is 2.70. The molecule has 3 heteroatoms. The summed E-state index contributed by atoms with van der Waals surface area (Å²) in [6.45, 7) is 5.28. The van der Waals surface area contributed by atoms with Gasteiger partial charge < -0.3 is 10.1 Å². The molecule has 0 bridgehead atoms. The Morgan fingerprint density at radius 3 is 2.93 bits per heavy atom. The molecule has 1 aliphatic heterocycles. The Morgan fingerprint density at radius 1 is 1.40 bits per heavy atom. The molecular weight excluding hydrogens is 188 g/mol. The van der Waals surface area contributed by atoms with Gasteiger partial charge in [-0.1, -0.05) is 6.92 Å². The molecule has 1 N–H and O–H groups in total. The number of rotatable bonds is 3. The topological polar surface area (TPSA) is 24.5 Å². The van der Waals surface area contributed by atoms with Crippen molar-refractivity contribution in [2.45, 2.75) is 50.7 Å². The Morgan fingerprint density at radius 2 is 2.27 bits per heavy atom. The van der Waals surface area contributed by atoms with E-state index in [0.29, 0.717) is 6.04 Å². The van der Waals surface area contributed by atoms with Gasteiger partial charge in [0.25, 0.3) is 0 Å². The van der Waals surface area contributed by atoms with Crippen molar-refractivity contribution in [3.05, 3.63) is 0 Å². The van der Waals surface area contributed by atoms with Gasteiger partial charge in [-0.2, -0.15) is 0 Å². The summed E-state index contributed by atoms with van der Waals surface area (Å²) < 4.78 is 5.56. The van der Waals surface area contributed by atoms with E-state index >= 15 is 0 Å². The van der Waals surface area contributed by atoms with Crippen LogP contribution in [0.25, 0.3) is 0 Å². The number of morpholine rings is 1. The maximum absolute atomic E-state index is 5.56. The summed E-state index contributed by atoms with van der Waals surface area (Å²) in [5.41, 5.74) is 0. The zero-order valence-electron chi connectivity index (χ0n) is 10.0. The zero-order valence-corrected chi connectivity index (χ0v) is 10.0. The van der Waals surface area contributed by atoms with E-state index in [1.807, 2.05) is 0 Å².